The fraction of sp³-hybridized carbons (Fsp3) is 0.350. The second-order valence-electron chi connectivity index (χ2n) is 6.37. The molecule has 3 rings (SSSR count). The van der Waals surface area contributed by atoms with Gasteiger partial charge in [0.1, 0.15) is 11.6 Å². The second kappa shape index (κ2) is 6.63. The molecule has 0 aromatic heterocycles. The van der Waals surface area contributed by atoms with E-state index < -0.39 is 0 Å². The molecule has 0 aliphatic heterocycles. The van der Waals surface area contributed by atoms with Gasteiger partial charge in [-0.05, 0) is 47.6 Å². The number of carbonyl (C=O) groups excluding carboxylic acids is 1. The number of hydrogen-bond donors (Lipinski definition) is 1. The number of fused-ring (bicyclic) bond motifs is 1. The third kappa shape index (κ3) is 3.20. The minimum atomic E-state index is -0.274. The molecule has 0 saturated heterocycles. The van der Waals surface area contributed by atoms with Gasteiger partial charge in [-0.25, -0.2) is 4.39 Å². The number of rotatable bonds is 5. The highest BCUT2D eigenvalue weighted by Gasteiger charge is 2.32. The summed E-state index contributed by atoms with van der Waals surface area (Å²) in [6.45, 7) is 2.00. The average molecular weight is 311 g/mol. The molecule has 0 unspecified atom stereocenters. The molecule has 3 atom stereocenters. The largest absolute Gasteiger partial charge is 0.324 e. The Kier molecular flexibility index (Phi) is 4.58. The van der Waals surface area contributed by atoms with Gasteiger partial charge < -0.3 is 5.73 Å². The number of Topliss-reactive ketones (excluding diaryl/α,β-unsaturated/α-hetero) is 1. The summed E-state index contributed by atoms with van der Waals surface area (Å²) in [6.07, 6.45) is 2.06. The lowest BCUT2D eigenvalue weighted by atomic mass is 9.85. The van der Waals surface area contributed by atoms with Crippen LogP contribution in [-0.2, 0) is 11.2 Å². The van der Waals surface area contributed by atoms with Gasteiger partial charge in [0.25, 0.3) is 0 Å². The predicted molar refractivity (Wildman–Crippen MR) is 89.6 cm³/mol. The minimum absolute atomic E-state index is 0.0686. The second-order valence-corrected chi connectivity index (χ2v) is 6.37. The van der Waals surface area contributed by atoms with Gasteiger partial charge in [0, 0.05) is 18.4 Å². The van der Waals surface area contributed by atoms with E-state index in [-0.39, 0.29) is 29.5 Å². The monoisotopic (exact) mass is 311 g/mol. The molecule has 2 N–H and O–H groups in total. The Morgan fingerprint density at radius 3 is 2.57 bits per heavy atom. The van der Waals surface area contributed by atoms with Crippen LogP contribution in [0.4, 0.5) is 4.39 Å². The van der Waals surface area contributed by atoms with Crippen LogP contribution in [0.15, 0.2) is 48.5 Å². The molecular formula is C20H22FNO. The number of carbonyl (C=O) groups is 1. The first-order valence-corrected chi connectivity index (χ1v) is 8.21. The van der Waals surface area contributed by atoms with Gasteiger partial charge in [0.05, 0.1) is 0 Å². The number of hydrogen-bond acceptors (Lipinski definition) is 2. The SMILES string of the molecule is CC[C@H](C(=O)C[C@@H]1Cc2ccccc2[C@H]1N)c1ccc(F)cc1. The van der Waals surface area contributed by atoms with E-state index in [2.05, 4.69) is 12.1 Å². The Hall–Kier alpha value is -2.00. The van der Waals surface area contributed by atoms with E-state index >= 15 is 0 Å². The van der Waals surface area contributed by atoms with Crippen molar-refractivity contribution in [3.05, 3.63) is 71.0 Å². The first kappa shape index (κ1) is 15.9. The van der Waals surface area contributed by atoms with Crippen LogP contribution in [0.3, 0.4) is 0 Å². The Labute approximate surface area is 136 Å². The molecular weight excluding hydrogens is 289 g/mol. The number of ketones is 1. The summed E-state index contributed by atoms with van der Waals surface area (Å²) in [5.74, 6) is -0.0856. The topological polar surface area (TPSA) is 43.1 Å². The molecule has 0 heterocycles. The molecule has 3 heteroatoms. The van der Waals surface area contributed by atoms with Crippen molar-refractivity contribution >= 4 is 5.78 Å². The van der Waals surface area contributed by atoms with E-state index in [0.717, 1.165) is 18.4 Å². The van der Waals surface area contributed by atoms with Gasteiger partial charge in [-0.3, -0.25) is 4.79 Å². The maximum atomic E-state index is 13.1. The maximum absolute atomic E-state index is 13.1. The molecule has 0 amide bonds. The molecule has 1 aliphatic carbocycles. The molecule has 0 radical (unpaired) electrons. The molecule has 2 aromatic carbocycles. The Morgan fingerprint density at radius 2 is 1.91 bits per heavy atom. The van der Waals surface area contributed by atoms with E-state index in [1.807, 2.05) is 19.1 Å². The van der Waals surface area contributed by atoms with Crippen LogP contribution >= 0.6 is 0 Å². The zero-order chi connectivity index (χ0) is 16.4. The van der Waals surface area contributed by atoms with E-state index in [4.69, 9.17) is 5.73 Å². The Bertz CT molecular complexity index is 695. The van der Waals surface area contributed by atoms with Crippen molar-refractivity contribution in [1.82, 2.24) is 0 Å². The fourth-order valence-electron chi connectivity index (χ4n) is 3.65. The first-order chi connectivity index (χ1) is 11.1. The highest BCUT2D eigenvalue weighted by atomic mass is 19.1. The van der Waals surface area contributed by atoms with Crippen molar-refractivity contribution < 1.29 is 9.18 Å². The lowest BCUT2D eigenvalue weighted by Gasteiger charge is -2.20. The summed E-state index contributed by atoms with van der Waals surface area (Å²) in [7, 11) is 0. The lowest BCUT2D eigenvalue weighted by Crippen LogP contribution is -2.23. The third-order valence-corrected chi connectivity index (χ3v) is 4.94. The van der Waals surface area contributed by atoms with Crippen LogP contribution < -0.4 is 5.73 Å². The van der Waals surface area contributed by atoms with Crippen molar-refractivity contribution in [3.63, 3.8) is 0 Å². The first-order valence-electron chi connectivity index (χ1n) is 8.21. The third-order valence-electron chi connectivity index (χ3n) is 4.94. The quantitative estimate of drug-likeness (QED) is 0.901. The average Bonchev–Trinajstić information content (AvgIpc) is 2.86. The zero-order valence-electron chi connectivity index (χ0n) is 13.3. The van der Waals surface area contributed by atoms with Gasteiger partial charge in [-0.1, -0.05) is 43.3 Å². The molecule has 0 bridgehead atoms. The van der Waals surface area contributed by atoms with E-state index in [1.54, 1.807) is 12.1 Å². The maximum Gasteiger partial charge on any atom is 0.140 e. The number of benzene rings is 2. The summed E-state index contributed by atoms with van der Waals surface area (Å²) in [6, 6.07) is 14.4. The van der Waals surface area contributed by atoms with E-state index in [0.29, 0.717) is 6.42 Å². The van der Waals surface area contributed by atoms with Crippen LogP contribution in [0.5, 0.6) is 0 Å². The van der Waals surface area contributed by atoms with Gasteiger partial charge >= 0.3 is 0 Å². The fourth-order valence-corrected chi connectivity index (χ4v) is 3.65. The van der Waals surface area contributed by atoms with Crippen molar-refractivity contribution in [3.8, 4) is 0 Å². The molecule has 2 aromatic rings. The normalized spacial score (nSPS) is 21.0. The summed E-state index contributed by atoms with van der Waals surface area (Å²) >= 11 is 0. The van der Waals surface area contributed by atoms with Crippen molar-refractivity contribution in [1.29, 1.82) is 0 Å². The smallest absolute Gasteiger partial charge is 0.140 e. The summed E-state index contributed by atoms with van der Waals surface area (Å²) in [5.41, 5.74) is 9.65. The van der Waals surface area contributed by atoms with Crippen molar-refractivity contribution in [2.24, 2.45) is 11.7 Å². The molecule has 0 spiro atoms. The number of halogens is 1. The van der Waals surface area contributed by atoms with E-state index in [1.165, 1.54) is 23.3 Å². The van der Waals surface area contributed by atoms with E-state index in [9.17, 15) is 9.18 Å². The minimum Gasteiger partial charge on any atom is -0.324 e. The van der Waals surface area contributed by atoms with Gasteiger partial charge in [0.2, 0.25) is 0 Å². The Balaban J connectivity index is 1.72. The lowest BCUT2D eigenvalue weighted by molar-refractivity contribution is -0.121. The summed E-state index contributed by atoms with van der Waals surface area (Å²) < 4.78 is 13.1. The van der Waals surface area contributed by atoms with Crippen LogP contribution in [0, 0.1) is 11.7 Å². The van der Waals surface area contributed by atoms with Crippen LogP contribution in [0.2, 0.25) is 0 Å². The molecule has 1 aliphatic rings. The van der Waals surface area contributed by atoms with Gasteiger partial charge in [-0.2, -0.15) is 0 Å². The molecule has 120 valence electrons. The van der Waals surface area contributed by atoms with Crippen molar-refractivity contribution in [2.75, 3.05) is 0 Å². The predicted octanol–water partition coefficient (Wildman–Crippen LogP) is 4.15. The standard InChI is InChI=1S/C20H22FNO/c1-2-17(13-7-9-16(21)10-8-13)19(23)12-15-11-14-5-3-4-6-18(14)20(15)22/h3-10,15,17,20H,2,11-12,22H2,1H3/t15-,17-,20-/m0/s1. The highest BCUT2D eigenvalue weighted by molar-refractivity contribution is 5.86. The summed E-state index contributed by atoms with van der Waals surface area (Å²) in [4.78, 5) is 12.8. The highest BCUT2D eigenvalue weighted by Crippen LogP contribution is 2.37. The zero-order valence-corrected chi connectivity index (χ0v) is 13.3. The molecule has 0 saturated carbocycles. The van der Waals surface area contributed by atoms with Gasteiger partial charge in [0.15, 0.2) is 0 Å². The van der Waals surface area contributed by atoms with Crippen molar-refractivity contribution in [2.45, 2.75) is 38.1 Å². The number of nitrogens with two attached hydrogens (primary N) is 1. The molecule has 2 nitrogen and oxygen atoms in total. The summed E-state index contributed by atoms with van der Waals surface area (Å²) in [5, 5.41) is 0. The Morgan fingerprint density at radius 1 is 1.22 bits per heavy atom. The van der Waals surface area contributed by atoms with Crippen LogP contribution in [0.1, 0.15) is 48.4 Å². The molecule has 0 fully saturated rings. The van der Waals surface area contributed by atoms with Gasteiger partial charge in [-0.15, -0.1) is 0 Å². The molecule has 23 heavy (non-hydrogen) atoms. The van der Waals surface area contributed by atoms with Crippen LogP contribution in [0.25, 0.3) is 0 Å². The van der Waals surface area contributed by atoms with Crippen LogP contribution in [-0.4, -0.2) is 5.78 Å².